The third kappa shape index (κ3) is 5.01. The van der Waals surface area contributed by atoms with E-state index in [1.807, 2.05) is 50.2 Å². The largest absolute Gasteiger partial charge is 0.492 e. The van der Waals surface area contributed by atoms with Crippen molar-refractivity contribution < 1.29 is 9.53 Å². The molecule has 128 valence electrons. The summed E-state index contributed by atoms with van der Waals surface area (Å²) in [6, 6.07) is 13.8. The number of aryl methyl sites for hydroxylation is 2. The van der Waals surface area contributed by atoms with E-state index in [9.17, 15) is 4.79 Å². The van der Waals surface area contributed by atoms with Crippen molar-refractivity contribution in [2.45, 2.75) is 33.6 Å². The SMILES string of the molecule is Cc1cccc(C)c1NC(=O)NCCOc1cccc(C(C)C)c1. The van der Waals surface area contributed by atoms with Crippen molar-refractivity contribution >= 4 is 11.7 Å². The summed E-state index contributed by atoms with van der Waals surface area (Å²) < 4.78 is 5.70. The molecule has 2 rings (SSSR count). The smallest absolute Gasteiger partial charge is 0.319 e. The van der Waals surface area contributed by atoms with E-state index in [4.69, 9.17) is 4.74 Å². The van der Waals surface area contributed by atoms with Crippen LogP contribution in [0.1, 0.15) is 36.5 Å². The van der Waals surface area contributed by atoms with Crippen LogP contribution in [0.5, 0.6) is 5.75 Å². The molecule has 0 aromatic heterocycles. The monoisotopic (exact) mass is 326 g/mol. The van der Waals surface area contributed by atoms with Gasteiger partial charge in [0.05, 0.1) is 6.54 Å². The van der Waals surface area contributed by atoms with Crippen molar-refractivity contribution in [3.8, 4) is 5.75 Å². The fourth-order valence-electron chi connectivity index (χ4n) is 2.47. The lowest BCUT2D eigenvalue weighted by Gasteiger charge is -2.13. The van der Waals surface area contributed by atoms with Gasteiger partial charge in [-0.15, -0.1) is 0 Å². The Bertz CT molecular complexity index is 676. The van der Waals surface area contributed by atoms with Crippen molar-refractivity contribution in [2.24, 2.45) is 0 Å². The standard InChI is InChI=1S/C20H26N2O2/c1-14(2)17-9-6-10-18(13-17)24-12-11-21-20(23)22-19-15(3)7-5-8-16(19)4/h5-10,13-14H,11-12H2,1-4H3,(H2,21,22,23). The Labute approximate surface area is 144 Å². The Morgan fingerprint density at radius 3 is 2.42 bits per heavy atom. The minimum atomic E-state index is -0.216. The Hall–Kier alpha value is -2.49. The van der Waals surface area contributed by atoms with Gasteiger partial charge in [-0.25, -0.2) is 4.79 Å². The summed E-state index contributed by atoms with van der Waals surface area (Å²) in [5.74, 6) is 1.30. The van der Waals surface area contributed by atoms with E-state index in [0.29, 0.717) is 19.1 Å². The zero-order valence-corrected chi connectivity index (χ0v) is 14.8. The van der Waals surface area contributed by atoms with Crippen LogP contribution in [-0.4, -0.2) is 19.2 Å². The molecule has 0 heterocycles. The molecule has 0 aliphatic rings. The number of amides is 2. The highest BCUT2D eigenvalue weighted by atomic mass is 16.5. The lowest BCUT2D eigenvalue weighted by molar-refractivity contribution is 0.247. The summed E-state index contributed by atoms with van der Waals surface area (Å²) in [5, 5.41) is 5.71. The molecule has 0 unspecified atom stereocenters. The second-order valence-electron chi connectivity index (χ2n) is 6.22. The molecule has 4 nitrogen and oxygen atoms in total. The highest BCUT2D eigenvalue weighted by molar-refractivity contribution is 5.90. The zero-order valence-electron chi connectivity index (χ0n) is 14.8. The first-order valence-corrected chi connectivity index (χ1v) is 8.31. The van der Waals surface area contributed by atoms with Crippen molar-refractivity contribution in [3.63, 3.8) is 0 Å². The van der Waals surface area contributed by atoms with E-state index in [0.717, 1.165) is 22.6 Å². The lowest BCUT2D eigenvalue weighted by Crippen LogP contribution is -2.32. The Balaban J connectivity index is 1.78. The van der Waals surface area contributed by atoms with Crippen LogP contribution in [0, 0.1) is 13.8 Å². The number of anilines is 1. The molecule has 0 saturated heterocycles. The fourth-order valence-corrected chi connectivity index (χ4v) is 2.47. The summed E-state index contributed by atoms with van der Waals surface area (Å²) in [5.41, 5.74) is 4.20. The molecule has 0 spiro atoms. The van der Waals surface area contributed by atoms with Crippen LogP contribution in [0.2, 0.25) is 0 Å². The molecule has 0 radical (unpaired) electrons. The maximum atomic E-state index is 12.0. The normalized spacial score (nSPS) is 10.5. The third-order valence-electron chi connectivity index (χ3n) is 3.90. The van der Waals surface area contributed by atoms with E-state index < -0.39 is 0 Å². The van der Waals surface area contributed by atoms with Crippen LogP contribution in [0.4, 0.5) is 10.5 Å². The van der Waals surface area contributed by atoms with E-state index in [1.165, 1.54) is 5.56 Å². The number of carbonyl (C=O) groups is 1. The van der Waals surface area contributed by atoms with Gasteiger partial charge in [-0.3, -0.25) is 0 Å². The van der Waals surface area contributed by atoms with Crippen LogP contribution >= 0.6 is 0 Å². The van der Waals surface area contributed by atoms with E-state index in [1.54, 1.807) is 0 Å². The van der Waals surface area contributed by atoms with Crippen LogP contribution in [0.25, 0.3) is 0 Å². The zero-order chi connectivity index (χ0) is 17.5. The van der Waals surface area contributed by atoms with E-state index >= 15 is 0 Å². The van der Waals surface area contributed by atoms with Gasteiger partial charge in [-0.2, -0.15) is 0 Å². The molecule has 0 aliphatic heterocycles. The quantitative estimate of drug-likeness (QED) is 0.761. The summed E-state index contributed by atoms with van der Waals surface area (Å²) in [6.45, 7) is 9.14. The summed E-state index contributed by atoms with van der Waals surface area (Å²) in [6.07, 6.45) is 0. The van der Waals surface area contributed by atoms with Crippen molar-refractivity contribution in [3.05, 3.63) is 59.2 Å². The van der Waals surface area contributed by atoms with Gasteiger partial charge >= 0.3 is 6.03 Å². The van der Waals surface area contributed by atoms with Gasteiger partial charge in [0.2, 0.25) is 0 Å². The second kappa shape index (κ2) is 8.39. The number of para-hydroxylation sites is 1. The van der Waals surface area contributed by atoms with Crippen molar-refractivity contribution in [2.75, 3.05) is 18.5 Å². The number of carbonyl (C=O) groups excluding carboxylic acids is 1. The number of ether oxygens (including phenoxy) is 1. The van der Waals surface area contributed by atoms with Crippen LogP contribution in [0.3, 0.4) is 0 Å². The summed E-state index contributed by atoms with van der Waals surface area (Å²) in [4.78, 5) is 12.0. The Morgan fingerprint density at radius 2 is 1.75 bits per heavy atom. The average molecular weight is 326 g/mol. The highest BCUT2D eigenvalue weighted by Gasteiger charge is 2.06. The van der Waals surface area contributed by atoms with Gasteiger partial charge in [-0.1, -0.05) is 44.2 Å². The first-order chi connectivity index (χ1) is 11.5. The van der Waals surface area contributed by atoms with Crippen molar-refractivity contribution in [1.82, 2.24) is 5.32 Å². The van der Waals surface area contributed by atoms with Crippen LogP contribution in [-0.2, 0) is 0 Å². The van der Waals surface area contributed by atoms with Gasteiger partial charge in [0, 0.05) is 5.69 Å². The van der Waals surface area contributed by atoms with Gasteiger partial charge in [-0.05, 0) is 48.6 Å². The molecule has 4 heteroatoms. The Kier molecular flexibility index (Phi) is 6.24. The predicted molar refractivity (Wildman–Crippen MR) is 99.0 cm³/mol. The first kappa shape index (κ1) is 17.9. The van der Waals surface area contributed by atoms with Crippen molar-refractivity contribution in [1.29, 1.82) is 0 Å². The molecule has 24 heavy (non-hydrogen) atoms. The number of nitrogens with one attached hydrogen (secondary N) is 2. The number of urea groups is 1. The maximum Gasteiger partial charge on any atom is 0.319 e. The number of hydrogen-bond donors (Lipinski definition) is 2. The molecule has 2 aromatic carbocycles. The van der Waals surface area contributed by atoms with Gasteiger partial charge in [0.25, 0.3) is 0 Å². The molecule has 0 bridgehead atoms. The molecular formula is C20H26N2O2. The molecular weight excluding hydrogens is 300 g/mol. The van der Waals surface area contributed by atoms with Gasteiger partial charge in [0.1, 0.15) is 12.4 Å². The molecule has 2 aromatic rings. The minimum Gasteiger partial charge on any atom is -0.492 e. The predicted octanol–water partition coefficient (Wildman–Crippen LogP) is 4.63. The molecule has 2 amide bonds. The Morgan fingerprint density at radius 1 is 1.08 bits per heavy atom. The minimum absolute atomic E-state index is 0.216. The third-order valence-corrected chi connectivity index (χ3v) is 3.90. The maximum absolute atomic E-state index is 12.0. The van der Waals surface area contributed by atoms with Gasteiger partial charge < -0.3 is 15.4 Å². The average Bonchev–Trinajstić information content (AvgIpc) is 2.55. The molecule has 2 N–H and O–H groups in total. The number of rotatable bonds is 6. The van der Waals surface area contributed by atoms with Gasteiger partial charge in [0.15, 0.2) is 0 Å². The molecule has 0 fully saturated rings. The van der Waals surface area contributed by atoms with E-state index in [2.05, 4.69) is 30.5 Å². The first-order valence-electron chi connectivity index (χ1n) is 8.31. The molecule has 0 aliphatic carbocycles. The van der Waals surface area contributed by atoms with E-state index in [-0.39, 0.29) is 6.03 Å². The van der Waals surface area contributed by atoms with Crippen LogP contribution in [0.15, 0.2) is 42.5 Å². The van der Waals surface area contributed by atoms with Crippen LogP contribution < -0.4 is 15.4 Å². The summed E-state index contributed by atoms with van der Waals surface area (Å²) >= 11 is 0. The number of hydrogen-bond acceptors (Lipinski definition) is 2. The lowest BCUT2D eigenvalue weighted by atomic mass is 10.0. The highest BCUT2D eigenvalue weighted by Crippen LogP contribution is 2.20. The second-order valence-corrected chi connectivity index (χ2v) is 6.22. The molecule has 0 saturated carbocycles. The fraction of sp³-hybridized carbons (Fsp3) is 0.350. The topological polar surface area (TPSA) is 50.4 Å². The molecule has 0 atom stereocenters. The number of benzene rings is 2. The summed E-state index contributed by atoms with van der Waals surface area (Å²) in [7, 11) is 0.